The van der Waals surface area contributed by atoms with Gasteiger partial charge >= 0.3 is 0 Å². The van der Waals surface area contributed by atoms with Crippen molar-refractivity contribution in [3.63, 3.8) is 0 Å². The lowest BCUT2D eigenvalue weighted by Crippen LogP contribution is -2.49. The number of amides is 1. The Morgan fingerprint density at radius 2 is 2.12 bits per heavy atom. The van der Waals surface area contributed by atoms with Crippen LogP contribution in [0.3, 0.4) is 0 Å². The minimum Gasteiger partial charge on any atom is -0.340 e. The van der Waals surface area contributed by atoms with Gasteiger partial charge in [0.05, 0.1) is 10.9 Å². The predicted octanol–water partition coefficient (Wildman–Crippen LogP) is 2.13. The third kappa shape index (κ3) is 4.45. The molecule has 2 N–H and O–H groups in total. The molecule has 0 saturated carbocycles. The van der Waals surface area contributed by atoms with E-state index in [4.69, 9.17) is 10.3 Å². The van der Waals surface area contributed by atoms with E-state index in [-0.39, 0.29) is 18.0 Å². The molecule has 1 aliphatic heterocycles. The Morgan fingerprint density at radius 3 is 2.76 bits per heavy atom. The molecule has 0 aromatic carbocycles. The van der Waals surface area contributed by atoms with Gasteiger partial charge in [-0.15, -0.1) is 11.3 Å². The molecule has 1 saturated heterocycles. The fourth-order valence-electron chi connectivity index (χ4n) is 2.93. The van der Waals surface area contributed by atoms with Crippen molar-refractivity contribution in [2.24, 2.45) is 5.73 Å². The molecule has 2 aromatic heterocycles. The number of thiophene rings is 1. The van der Waals surface area contributed by atoms with E-state index in [1.807, 2.05) is 29.3 Å². The van der Waals surface area contributed by atoms with Crippen LogP contribution in [0.2, 0.25) is 0 Å². The minimum atomic E-state index is 0.0440. The van der Waals surface area contributed by atoms with E-state index >= 15 is 0 Å². The van der Waals surface area contributed by atoms with Gasteiger partial charge in [0.1, 0.15) is 0 Å². The van der Waals surface area contributed by atoms with Crippen LogP contribution in [0.4, 0.5) is 0 Å². The van der Waals surface area contributed by atoms with Crippen molar-refractivity contribution in [3.05, 3.63) is 23.4 Å². The van der Waals surface area contributed by atoms with Gasteiger partial charge in [0.2, 0.25) is 17.6 Å². The summed E-state index contributed by atoms with van der Waals surface area (Å²) in [5.74, 6) is 1.46. The van der Waals surface area contributed by atoms with Crippen molar-refractivity contribution in [3.8, 4) is 10.7 Å². The normalized spacial score (nSPS) is 18.3. The maximum absolute atomic E-state index is 12.2. The van der Waals surface area contributed by atoms with Gasteiger partial charge in [-0.2, -0.15) is 4.98 Å². The average molecular weight is 363 g/mol. The van der Waals surface area contributed by atoms with E-state index in [1.165, 1.54) is 0 Å². The van der Waals surface area contributed by atoms with Gasteiger partial charge in [-0.05, 0) is 31.7 Å². The van der Waals surface area contributed by atoms with Crippen LogP contribution in [0.25, 0.3) is 10.7 Å². The molecule has 25 heavy (non-hydrogen) atoms. The first-order valence-corrected chi connectivity index (χ1v) is 9.57. The Kier molecular flexibility index (Phi) is 5.82. The molecule has 2 atom stereocenters. The van der Waals surface area contributed by atoms with Crippen LogP contribution in [-0.4, -0.2) is 58.1 Å². The first kappa shape index (κ1) is 18.0. The van der Waals surface area contributed by atoms with Crippen molar-refractivity contribution >= 4 is 17.2 Å². The molecule has 136 valence electrons. The SMILES string of the molecule is CC(N)CCC(=O)N1CCN(C(C)c2nc(-c3cccs3)no2)CC1. The van der Waals surface area contributed by atoms with E-state index in [0.717, 1.165) is 37.5 Å². The van der Waals surface area contributed by atoms with E-state index < -0.39 is 0 Å². The molecular weight excluding hydrogens is 338 g/mol. The fraction of sp³-hybridized carbons (Fsp3) is 0.588. The second-order valence-corrected chi connectivity index (χ2v) is 7.49. The van der Waals surface area contributed by atoms with Gasteiger partial charge in [-0.3, -0.25) is 9.69 Å². The number of carbonyl (C=O) groups is 1. The summed E-state index contributed by atoms with van der Waals surface area (Å²) >= 11 is 1.60. The summed E-state index contributed by atoms with van der Waals surface area (Å²) < 4.78 is 5.45. The third-order valence-corrected chi connectivity index (χ3v) is 5.43. The van der Waals surface area contributed by atoms with Crippen LogP contribution in [0.5, 0.6) is 0 Å². The number of carbonyl (C=O) groups excluding carboxylic acids is 1. The lowest BCUT2D eigenvalue weighted by atomic mass is 10.1. The molecule has 8 heteroatoms. The molecule has 0 aliphatic carbocycles. The van der Waals surface area contributed by atoms with Crippen molar-refractivity contribution < 1.29 is 9.32 Å². The summed E-state index contributed by atoms with van der Waals surface area (Å²) in [6.07, 6.45) is 1.27. The maximum atomic E-state index is 12.2. The predicted molar refractivity (Wildman–Crippen MR) is 97.1 cm³/mol. The van der Waals surface area contributed by atoms with E-state index in [2.05, 4.69) is 22.0 Å². The Labute approximate surface area is 151 Å². The number of aromatic nitrogens is 2. The summed E-state index contributed by atoms with van der Waals surface area (Å²) in [5.41, 5.74) is 5.73. The molecule has 3 rings (SSSR count). The third-order valence-electron chi connectivity index (χ3n) is 4.57. The molecule has 2 aromatic rings. The maximum Gasteiger partial charge on any atom is 0.244 e. The van der Waals surface area contributed by atoms with E-state index in [0.29, 0.717) is 18.1 Å². The number of hydrogen-bond donors (Lipinski definition) is 1. The molecule has 0 bridgehead atoms. The quantitative estimate of drug-likeness (QED) is 0.846. The number of rotatable bonds is 6. The minimum absolute atomic E-state index is 0.0440. The van der Waals surface area contributed by atoms with Gasteiger partial charge < -0.3 is 15.2 Å². The van der Waals surface area contributed by atoms with Crippen LogP contribution in [0, 0.1) is 0 Å². The van der Waals surface area contributed by atoms with Crippen molar-refractivity contribution in [2.45, 2.75) is 38.8 Å². The van der Waals surface area contributed by atoms with Crippen LogP contribution >= 0.6 is 11.3 Å². The fourth-order valence-corrected chi connectivity index (χ4v) is 3.58. The molecule has 0 radical (unpaired) electrons. The summed E-state index contributed by atoms with van der Waals surface area (Å²) in [5, 5.41) is 6.08. The molecule has 3 heterocycles. The van der Waals surface area contributed by atoms with Crippen molar-refractivity contribution in [1.82, 2.24) is 19.9 Å². The lowest BCUT2D eigenvalue weighted by Gasteiger charge is -2.37. The highest BCUT2D eigenvalue weighted by atomic mass is 32.1. The molecule has 2 unspecified atom stereocenters. The Balaban J connectivity index is 1.53. The van der Waals surface area contributed by atoms with Crippen LogP contribution in [-0.2, 0) is 4.79 Å². The summed E-state index contributed by atoms with van der Waals surface area (Å²) in [7, 11) is 0. The largest absolute Gasteiger partial charge is 0.340 e. The molecule has 0 spiro atoms. The van der Waals surface area contributed by atoms with Gasteiger partial charge in [0, 0.05) is 38.6 Å². The van der Waals surface area contributed by atoms with E-state index in [9.17, 15) is 4.79 Å². The Bertz CT molecular complexity index is 677. The number of nitrogens with zero attached hydrogens (tertiary/aromatic N) is 4. The topological polar surface area (TPSA) is 88.5 Å². The lowest BCUT2D eigenvalue weighted by molar-refractivity contribution is -0.133. The highest BCUT2D eigenvalue weighted by molar-refractivity contribution is 7.13. The highest BCUT2D eigenvalue weighted by Gasteiger charge is 2.27. The molecule has 1 amide bonds. The highest BCUT2D eigenvalue weighted by Crippen LogP contribution is 2.25. The van der Waals surface area contributed by atoms with Gasteiger partial charge in [0.25, 0.3) is 0 Å². The molecule has 1 fully saturated rings. The number of piperazine rings is 1. The number of nitrogens with two attached hydrogens (primary N) is 1. The zero-order chi connectivity index (χ0) is 17.8. The van der Waals surface area contributed by atoms with Crippen LogP contribution in [0.1, 0.15) is 38.6 Å². The average Bonchev–Trinajstić information content (AvgIpc) is 3.30. The molecule has 1 aliphatic rings. The summed E-state index contributed by atoms with van der Waals surface area (Å²) in [6.45, 7) is 7.08. The summed E-state index contributed by atoms with van der Waals surface area (Å²) in [6, 6.07) is 4.07. The second kappa shape index (κ2) is 8.07. The number of hydrogen-bond acceptors (Lipinski definition) is 7. The van der Waals surface area contributed by atoms with Crippen molar-refractivity contribution in [2.75, 3.05) is 26.2 Å². The van der Waals surface area contributed by atoms with Crippen LogP contribution < -0.4 is 5.73 Å². The Morgan fingerprint density at radius 1 is 1.36 bits per heavy atom. The molecule has 7 nitrogen and oxygen atoms in total. The van der Waals surface area contributed by atoms with Gasteiger partial charge in [-0.25, -0.2) is 0 Å². The van der Waals surface area contributed by atoms with E-state index in [1.54, 1.807) is 11.3 Å². The monoisotopic (exact) mass is 363 g/mol. The van der Waals surface area contributed by atoms with Crippen molar-refractivity contribution in [1.29, 1.82) is 0 Å². The molecular formula is C17H25N5O2S. The standard InChI is InChI=1S/C17H25N5O2S/c1-12(18)5-6-15(23)22-9-7-21(8-10-22)13(2)17-19-16(20-24-17)14-4-3-11-25-14/h3-4,11-13H,5-10,18H2,1-2H3. The Hall–Kier alpha value is -1.77. The first-order valence-electron chi connectivity index (χ1n) is 8.69. The smallest absolute Gasteiger partial charge is 0.244 e. The second-order valence-electron chi connectivity index (χ2n) is 6.54. The van der Waals surface area contributed by atoms with Gasteiger partial charge in [0.15, 0.2) is 0 Å². The first-order chi connectivity index (χ1) is 12.0. The zero-order valence-electron chi connectivity index (χ0n) is 14.7. The summed E-state index contributed by atoms with van der Waals surface area (Å²) in [4.78, 5) is 21.9. The van der Waals surface area contributed by atoms with Gasteiger partial charge in [-0.1, -0.05) is 11.2 Å². The zero-order valence-corrected chi connectivity index (χ0v) is 15.5. The van der Waals surface area contributed by atoms with Crippen LogP contribution in [0.15, 0.2) is 22.0 Å².